The number of anilines is 3. The molecule has 10 aromatic carbocycles. The summed E-state index contributed by atoms with van der Waals surface area (Å²) in [6.45, 7) is 4.77. The normalized spacial score (nSPS) is 14.1. The molecule has 0 amide bonds. The van der Waals surface area contributed by atoms with E-state index in [4.69, 9.17) is 4.42 Å². The summed E-state index contributed by atoms with van der Waals surface area (Å²) in [5.74, 6) is 0. The third kappa shape index (κ3) is 5.44. The first-order chi connectivity index (χ1) is 33.0. The molecule has 0 fully saturated rings. The van der Waals surface area contributed by atoms with E-state index in [1.807, 2.05) is 23.5 Å². The zero-order valence-electron chi connectivity index (χ0n) is 37.1. The molecule has 2 nitrogen and oxygen atoms in total. The van der Waals surface area contributed by atoms with Crippen LogP contribution in [0.25, 0.3) is 75.5 Å². The van der Waals surface area contributed by atoms with Crippen molar-refractivity contribution in [1.82, 2.24) is 0 Å². The van der Waals surface area contributed by atoms with Gasteiger partial charge in [0, 0.05) is 59.5 Å². The highest BCUT2D eigenvalue weighted by atomic mass is 32.1. The summed E-state index contributed by atoms with van der Waals surface area (Å²) in [5.41, 5.74) is 20.0. The van der Waals surface area contributed by atoms with Crippen molar-refractivity contribution in [2.24, 2.45) is 0 Å². The van der Waals surface area contributed by atoms with Gasteiger partial charge in [-0.1, -0.05) is 178 Å². The van der Waals surface area contributed by atoms with Crippen molar-refractivity contribution in [2.45, 2.75) is 24.7 Å². The maximum Gasteiger partial charge on any atom is 0.137 e. The zero-order chi connectivity index (χ0) is 44.4. The third-order valence-electron chi connectivity index (χ3n) is 15.0. The molecule has 12 aromatic rings. The van der Waals surface area contributed by atoms with Crippen LogP contribution in [-0.2, 0) is 10.8 Å². The maximum atomic E-state index is 6.47. The van der Waals surface area contributed by atoms with Crippen LogP contribution >= 0.6 is 11.3 Å². The Hall–Kier alpha value is -7.98. The Labute approximate surface area is 393 Å². The molecule has 2 aromatic heterocycles. The monoisotopic (exact) mass is 873 g/mol. The SMILES string of the molecule is CC1(C)c2ccccc2C2(c3ccccc3-c3ccc(-c4ccc(N(c5ccc(-c6cccc7c6sc6ccccc67)cc5)c5ccc6c(c5)oc5ccccc56)cc4)cc32)c2ccccc21. The lowest BCUT2D eigenvalue weighted by Crippen LogP contribution is -2.40. The van der Waals surface area contributed by atoms with Crippen molar-refractivity contribution < 1.29 is 4.42 Å². The molecule has 3 heteroatoms. The van der Waals surface area contributed by atoms with E-state index < -0.39 is 5.41 Å². The van der Waals surface area contributed by atoms with Crippen LogP contribution in [0.2, 0.25) is 0 Å². The molecular weight excluding hydrogens is 831 g/mol. The largest absolute Gasteiger partial charge is 0.456 e. The minimum atomic E-state index is -0.439. The lowest BCUT2D eigenvalue weighted by atomic mass is 9.55. The van der Waals surface area contributed by atoms with Crippen LogP contribution in [0.1, 0.15) is 47.2 Å². The molecule has 2 aliphatic rings. The van der Waals surface area contributed by atoms with Crippen molar-refractivity contribution in [1.29, 1.82) is 0 Å². The van der Waals surface area contributed by atoms with E-state index in [-0.39, 0.29) is 5.41 Å². The number of fused-ring (bicyclic) bond motifs is 15. The standard InChI is InChI=1S/C64H43NOS/c1-63(2)54-20-7-9-22-56(54)64(57-23-10-8-21-55(57)63)53-19-6-3-14-47(53)48-36-30-42(38-58(48)64)40-26-31-43(32-27-40)65(45-35-37-50-49-15-4-11-24-59(49)66-60(50)39-45)44-33-28-41(29-34-44)46-17-13-18-52-51-16-5-12-25-61(51)67-62(46)52/h3-39H,1-2H3. The van der Waals surface area contributed by atoms with Gasteiger partial charge < -0.3 is 9.32 Å². The number of hydrogen-bond acceptors (Lipinski definition) is 3. The zero-order valence-corrected chi connectivity index (χ0v) is 37.9. The third-order valence-corrected chi connectivity index (χ3v) is 16.2. The Morgan fingerprint density at radius 2 is 0.896 bits per heavy atom. The Bertz CT molecular complexity index is 3910. The second-order valence-electron chi connectivity index (χ2n) is 18.8. The van der Waals surface area contributed by atoms with Crippen LogP contribution < -0.4 is 4.90 Å². The van der Waals surface area contributed by atoms with Gasteiger partial charge in [0.05, 0.1) is 5.41 Å². The molecule has 2 aliphatic carbocycles. The first-order valence-electron chi connectivity index (χ1n) is 23.2. The molecule has 0 radical (unpaired) electrons. The van der Waals surface area contributed by atoms with Gasteiger partial charge in [-0.3, -0.25) is 0 Å². The average molecular weight is 874 g/mol. The smallest absolute Gasteiger partial charge is 0.137 e. The molecule has 0 unspecified atom stereocenters. The topological polar surface area (TPSA) is 16.4 Å². The second-order valence-corrected chi connectivity index (χ2v) is 19.8. The van der Waals surface area contributed by atoms with Gasteiger partial charge in [-0.05, 0) is 121 Å². The fraction of sp³-hybridized carbons (Fsp3) is 0.0625. The van der Waals surface area contributed by atoms with E-state index in [1.54, 1.807) is 0 Å². The molecule has 0 saturated carbocycles. The molecule has 0 bridgehead atoms. The van der Waals surface area contributed by atoms with Crippen LogP contribution in [-0.4, -0.2) is 0 Å². The first-order valence-corrected chi connectivity index (χ1v) is 24.1. The van der Waals surface area contributed by atoms with E-state index in [0.29, 0.717) is 0 Å². The Kier molecular flexibility index (Phi) is 8.15. The highest BCUT2D eigenvalue weighted by Gasteiger charge is 2.53. The van der Waals surface area contributed by atoms with Crippen molar-refractivity contribution in [3.63, 3.8) is 0 Å². The van der Waals surface area contributed by atoms with Crippen molar-refractivity contribution in [3.05, 3.63) is 258 Å². The van der Waals surface area contributed by atoms with Crippen LogP contribution in [0, 0.1) is 0 Å². The van der Waals surface area contributed by atoms with Gasteiger partial charge in [-0.15, -0.1) is 11.3 Å². The van der Waals surface area contributed by atoms with Gasteiger partial charge in [0.15, 0.2) is 0 Å². The van der Waals surface area contributed by atoms with Crippen molar-refractivity contribution in [2.75, 3.05) is 4.90 Å². The summed E-state index contributed by atoms with van der Waals surface area (Å²) in [7, 11) is 0. The van der Waals surface area contributed by atoms with Crippen LogP contribution in [0.15, 0.2) is 229 Å². The Morgan fingerprint density at radius 1 is 0.358 bits per heavy atom. The molecule has 0 saturated heterocycles. The molecule has 0 N–H and O–H groups in total. The quantitative estimate of drug-likeness (QED) is 0.171. The molecule has 0 aliphatic heterocycles. The summed E-state index contributed by atoms with van der Waals surface area (Å²) in [6, 6.07) is 83.1. The van der Waals surface area contributed by atoms with Gasteiger partial charge in [0.1, 0.15) is 11.2 Å². The van der Waals surface area contributed by atoms with Crippen molar-refractivity contribution in [3.8, 4) is 33.4 Å². The molecule has 1 spiro atoms. The van der Waals surface area contributed by atoms with Crippen molar-refractivity contribution >= 4 is 70.5 Å². The van der Waals surface area contributed by atoms with E-state index in [2.05, 4.69) is 231 Å². The van der Waals surface area contributed by atoms with Crippen LogP contribution in [0.4, 0.5) is 17.1 Å². The molecule has 316 valence electrons. The van der Waals surface area contributed by atoms with Gasteiger partial charge in [-0.25, -0.2) is 0 Å². The van der Waals surface area contributed by atoms with E-state index in [1.165, 1.54) is 86.9 Å². The van der Waals surface area contributed by atoms with Gasteiger partial charge in [-0.2, -0.15) is 0 Å². The number of rotatable bonds is 5. The lowest BCUT2D eigenvalue weighted by molar-refractivity contribution is 0.563. The minimum absolute atomic E-state index is 0.141. The van der Waals surface area contributed by atoms with E-state index in [0.717, 1.165) is 39.0 Å². The number of hydrogen-bond donors (Lipinski definition) is 0. The van der Waals surface area contributed by atoms with Gasteiger partial charge in [0.2, 0.25) is 0 Å². The molecular formula is C64H43NOS. The minimum Gasteiger partial charge on any atom is -0.456 e. The number of para-hydroxylation sites is 1. The summed E-state index contributed by atoms with van der Waals surface area (Å²) in [6.07, 6.45) is 0. The summed E-state index contributed by atoms with van der Waals surface area (Å²) >= 11 is 1.87. The molecule has 2 heterocycles. The fourth-order valence-corrected chi connectivity index (χ4v) is 13.1. The summed E-state index contributed by atoms with van der Waals surface area (Å²) in [4.78, 5) is 2.35. The summed E-state index contributed by atoms with van der Waals surface area (Å²) < 4.78 is 9.11. The van der Waals surface area contributed by atoms with E-state index in [9.17, 15) is 0 Å². The number of nitrogens with zero attached hydrogens (tertiary/aromatic N) is 1. The van der Waals surface area contributed by atoms with E-state index >= 15 is 0 Å². The average Bonchev–Trinajstić information content (AvgIpc) is 4.05. The predicted molar refractivity (Wildman–Crippen MR) is 282 cm³/mol. The Morgan fingerprint density at radius 3 is 1.64 bits per heavy atom. The maximum absolute atomic E-state index is 6.47. The molecule has 14 rings (SSSR count). The number of benzene rings is 10. The number of furan rings is 1. The number of thiophene rings is 1. The van der Waals surface area contributed by atoms with Gasteiger partial charge >= 0.3 is 0 Å². The molecule has 0 atom stereocenters. The fourth-order valence-electron chi connectivity index (χ4n) is 11.9. The van der Waals surface area contributed by atoms with Gasteiger partial charge in [0.25, 0.3) is 0 Å². The highest BCUT2D eigenvalue weighted by molar-refractivity contribution is 7.26. The highest BCUT2D eigenvalue weighted by Crippen LogP contribution is 2.62. The predicted octanol–water partition coefficient (Wildman–Crippen LogP) is 17.8. The first kappa shape index (κ1) is 38.3. The Balaban J connectivity index is 0.899. The summed E-state index contributed by atoms with van der Waals surface area (Å²) in [5, 5.41) is 4.87. The lowest BCUT2D eigenvalue weighted by Gasteiger charge is -2.46. The second kappa shape index (κ2) is 14.3. The van der Waals surface area contributed by atoms with Crippen LogP contribution in [0.3, 0.4) is 0 Å². The van der Waals surface area contributed by atoms with Crippen LogP contribution in [0.5, 0.6) is 0 Å². The molecule has 67 heavy (non-hydrogen) atoms.